The summed E-state index contributed by atoms with van der Waals surface area (Å²) in [6.07, 6.45) is -0.0598. The number of aliphatic carboxylic acids is 1. The Kier molecular flexibility index (Phi) is 3.00. The molecule has 1 aromatic rings. The van der Waals surface area contributed by atoms with E-state index in [0.717, 1.165) is 0 Å². The first kappa shape index (κ1) is 12.4. The van der Waals surface area contributed by atoms with Crippen LogP contribution in [0.3, 0.4) is 0 Å². The van der Waals surface area contributed by atoms with E-state index in [4.69, 9.17) is 14.6 Å². The number of benzene rings is 1. The van der Waals surface area contributed by atoms with Gasteiger partial charge in [0.15, 0.2) is 0 Å². The molecule has 2 rings (SSSR count). The highest BCUT2D eigenvalue weighted by Gasteiger charge is 2.39. The zero-order valence-corrected chi connectivity index (χ0v) is 10.1. The minimum absolute atomic E-state index is 0.0458. The van der Waals surface area contributed by atoms with Crippen LogP contribution in [0.4, 0.5) is 0 Å². The standard InChI is InChI=1S/C13H14O5/c1-13(16)7-9(12(14)15)11(18-13)8-5-3-4-6-10(8)17-2/h3-6,16H,7H2,1-2H3,(H,14,15). The van der Waals surface area contributed by atoms with Crippen molar-refractivity contribution in [2.45, 2.75) is 19.1 Å². The van der Waals surface area contributed by atoms with Crippen LogP contribution in [0, 0.1) is 0 Å². The molecule has 1 heterocycles. The number of aliphatic hydroxyl groups is 1. The van der Waals surface area contributed by atoms with Gasteiger partial charge in [-0.1, -0.05) is 12.1 Å². The first-order valence-electron chi connectivity index (χ1n) is 5.46. The van der Waals surface area contributed by atoms with Gasteiger partial charge in [0.25, 0.3) is 0 Å². The molecule has 0 saturated carbocycles. The average Bonchev–Trinajstić information content (AvgIpc) is 2.65. The zero-order chi connectivity index (χ0) is 13.3. The molecule has 0 saturated heterocycles. The van der Waals surface area contributed by atoms with Crippen LogP contribution in [0.2, 0.25) is 0 Å². The highest BCUT2D eigenvalue weighted by Crippen LogP contribution is 2.40. The summed E-state index contributed by atoms with van der Waals surface area (Å²) >= 11 is 0. The van der Waals surface area contributed by atoms with Crippen molar-refractivity contribution < 1.29 is 24.5 Å². The maximum Gasteiger partial charge on any atom is 0.335 e. The lowest BCUT2D eigenvalue weighted by Crippen LogP contribution is -2.23. The first-order chi connectivity index (χ1) is 8.44. The SMILES string of the molecule is COc1ccccc1C1=C(C(=O)O)CC(C)(O)O1. The van der Waals surface area contributed by atoms with Gasteiger partial charge in [-0.3, -0.25) is 0 Å². The molecule has 1 aliphatic rings. The fourth-order valence-electron chi connectivity index (χ4n) is 1.95. The highest BCUT2D eigenvalue weighted by molar-refractivity contribution is 5.96. The molecule has 0 bridgehead atoms. The van der Waals surface area contributed by atoms with Crippen molar-refractivity contribution in [3.8, 4) is 5.75 Å². The fourth-order valence-corrected chi connectivity index (χ4v) is 1.95. The number of ether oxygens (including phenoxy) is 2. The van der Waals surface area contributed by atoms with Gasteiger partial charge in [-0.25, -0.2) is 4.79 Å². The third-order valence-corrected chi connectivity index (χ3v) is 2.71. The normalized spacial score (nSPS) is 22.8. The molecule has 5 heteroatoms. The van der Waals surface area contributed by atoms with Gasteiger partial charge in [0.1, 0.15) is 11.5 Å². The monoisotopic (exact) mass is 250 g/mol. The molecule has 1 unspecified atom stereocenters. The van der Waals surface area contributed by atoms with Gasteiger partial charge in [-0.15, -0.1) is 0 Å². The van der Waals surface area contributed by atoms with Crippen molar-refractivity contribution in [2.75, 3.05) is 7.11 Å². The predicted octanol–water partition coefficient (Wildman–Crippen LogP) is 1.62. The molecule has 0 aliphatic carbocycles. The minimum Gasteiger partial charge on any atom is -0.496 e. The van der Waals surface area contributed by atoms with Crippen LogP contribution in [0.1, 0.15) is 18.9 Å². The number of hydrogen-bond donors (Lipinski definition) is 2. The summed E-state index contributed by atoms with van der Waals surface area (Å²) in [6, 6.07) is 6.92. The van der Waals surface area contributed by atoms with Crippen LogP contribution in [0.5, 0.6) is 5.75 Å². The lowest BCUT2D eigenvalue weighted by Gasteiger charge is -2.18. The number of carboxylic acids is 1. The Morgan fingerprint density at radius 2 is 2.11 bits per heavy atom. The van der Waals surface area contributed by atoms with E-state index < -0.39 is 11.8 Å². The van der Waals surface area contributed by atoms with E-state index in [0.29, 0.717) is 11.3 Å². The van der Waals surface area contributed by atoms with Crippen LogP contribution in [-0.4, -0.2) is 29.1 Å². The zero-order valence-electron chi connectivity index (χ0n) is 10.1. The van der Waals surface area contributed by atoms with E-state index in [1.165, 1.54) is 14.0 Å². The largest absolute Gasteiger partial charge is 0.496 e. The van der Waals surface area contributed by atoms with Crippen molar-refractivity contribution >= 4 is 11.7 Å². The van der Waals surface area contributed by atoms with Crippen LogP contribution in [0.15, 0.2) is 29.8 Å². The summed E-state index contributed by atoms with van der Waals surface area (Å²) in [5.74, 6) is -1.94. The molecule has 1 aliphatic heterocycles. The Hall–Kier alpha value is -2.01. The molecule has 0 amide bonds. The van der Waals surface area contributed by atoms with Crippen molar-refractivity contribution in [3.05, 3.63) is 35.4 Å². The number of rotatable bonds is 3. The van der Waals surface area contributed by atoms with Crippen LogP contribution >= 0.6 is 0 Å². The molecule has 1 atom stereocenters. The molecule has 0 spiro atoms. The van der Waals surface area contributed by atoms with Crippen LogP contribution < -0.4 is 4.74 Å². The van der Waals surface area contributed by atoms with Crippen molar-refractivity contribution in [1.29, 1.82) is 0 Å². The van der Waals surface area contributed by atoms with E-state index >= 15 is 0 Å². The maximum absolute atomic E-state index is 11.2. The summed E-state index contributed by atoms with van der Waals surface area (Å²) in [5, 5.41) is 19.0. The topological polar surface area (TPSA) is 76.0 Å². The van der Waals surface area contributed by atoms with Gasteiger partial charge in [0, 0.05) is 13.3 Å². The Morgan fingerprint density at radius 1 is 1.44 bits per heavy atom. The second-order valence-corrected chi connectivity index (χ2v) is 4.27. The number of para-hydroxylation sites is 1. The van der Waals surface area contributed by atoms with Gasteiger partial charge < -0.3 is 19.7 Å². The summed E-state index contributed by atoms with van der Waals surface area (Å²) in [6.45, 7) is 1.43. The summed E-state index contributed by atoms with van der Waals surface area (Å²) in [7, 11) is 1.49. The van der Waals surface area contributed by atoms with E-state index in [1.807, 2.05) is 0 Å². The van der Waals surface area contributed by atoms with E-state index in [-0.39, 0.29) is 17.8 Å². The second-order valence-electron chi connectivity index (χ2n) is 4.27. The molecule has 2 N–H and O–H groups in total. The molecule has 18 heavy (non-hydrogen) atoms. The lowest BCUT2D eigenvalue weighted by molar-refractivity contribution is -0.137. The molecule has 0 aromatic heterocycles. The third kappa shape index (κ3) is 2.17. The molecule has 1 aromatic carbocycles. The van der Waals surface area contributed by atoms with E-state index in [9.17, 15) is 9.90 Å². The Bertz CT molecular complexity index is 516. The molecule has 0 fully saturated rings. The highest BCUT2D eigenvalue weighted by atomic mass is 16.6. The molecule has 5 nitrogen and oxygen atoms in total. The van der Waals surface area contributed by atoms with Gasteiger partial charge in [0.05, 0.1) is 18.2 Å². The molecule has 96 valence electrons. The average molecular weight is 250 g/mol. The molecular weight excluding hydrogens is 236 g/mol. The summed E-state index contributed by atoms with van der Waals surface area (Å²) in [5.41, 5.74) is 0.569. The van der Waals surface area contributed by atoms with Crippen molar-refractivity contribution in [3.63, 3.8) is 0 Å². The predicted molar refractivity (Wildman–Crippen MR) is 63.9 cm³/mol. The van der Waals surface area contributed by atoms with Crippen LogP contribution in [-0.2, 0) is 9.53 Å². The van der Waals surface area contributed by atoms with Crippen molar-refractivity contribution in [2.24, 2.45) is 0 Å². The third-order valence-electron chi connectivity index (χ3n) is 2.71. The number of hydrogen-bond acceptors (Lipinski definition) is 4. The lowest BCUT2D eigenvalue weighted by atomic mass is 10.0. The Morgan fingerprint density at radius 3 is 2.72 bits per heavy atom. The Labute approximate surface area is 104 Å². The Balaban J connectivity index is 2.53. The van der Waals surface area contributed by atoms with Gasteiger partial charge >= 0.3 is 5.97 Å². The second kappa shape index (κ2) is 4.34. The van der Waals surface area contributed by atoms with Gasteiger partial charge in [-0.2, -0.15) is 0 Å². The molecule has 0 radical (unpaired) electrons. The number of methoxy groups -OCH3 is 1. The minimum atomic E-state index is -1.50. The number of carboxylic acid groups (broad SMARTS) is 1. The maximum atomic E-state index is 11.2. The number of carbonyl (C=O) groups is 1. The van der Waals surface area contributed by atoms with E-state index in [1.54, 1.807) is 24.3 Å². The molecular formula is C13H14O5. The van der Waals surface area contributed by atoms with E-state index in [2.05, 4.69) is 0 Å². The van der Waals surface area contributed by atoms with Crippen LogP contribution in [0.25, 0.3) is 5.76 Å². The van der Waals surface area contributed by atoms with Crippen molar-refractivity contribution in [1.82, 2.24) is 0 Å². The first-order valence-corrected chi connectivity index (χ1v) is 5.46. The summed E-state index contributed by atoms with van der Waals surface area (Å²) in [4.78, 5) is 11.2. The summed E-state index contributed by atoms with van der Waals surface area (Å²) < 4.78 is 10.5. The fraction of sp³-hybridized carbons (Fsp3) is 0.308. The quantitative estimate of drug-likeness (QED) is 0.852. The van der Waals surface area contributed by atoms with Gasteiger partial charge in [-0.05, 0) is 12.1 Å². The van der Waals surface area contributed by atoms with Gasteiger partial charge in [0.2, 0.25) is 5.79 Å². The smallest absolute Gasteiger partial charge is 0.335 e.